The molecule has 8 nitrogen and oxygen atoms in total. The van der Waals surface area contributed by atoms with Crippen molar-refractivity contribution >= 4 is 33.3 Å². The standard InChI is InChI=1S/C30H24N2O6S/c1-20-11-10-14-22(19-20)31-29(33)26-27(32(37-28(26)30(31)34)21-12-4-2-5-13-21)24-17-8-9-18-25(24)38-39(35,36)23-15-6-3-7-16-23/h2-19,26-28H,1H3/t26-,27+,28+/m1/s1. The first kappa shape index (κ1) is 24.8. The lowest BCUT2D eigenvalue weighted by Crippen LogP contribution is -2.37. The fourth-order valence-electron chi connectivity index (χ4n) is 5.10. The van der Waals surface area contributed by atoms with Crippen molar-refractivity contribution in [2.24, 2.45) is 5.92 Å². The number of benzene rings is 4. The van der Waals surface area contributed by atoms with Crippen LogP contribution in [0.3, 0.4) is 0 Å². The summed E-state index contributed by atoms with van der Waals surface area (Å²) in [6, 6.07) is 29.8. The lowest BCUT2D eigenvalue weighted by Gasteiger charge is -2.29. The van der Waals surface area contributed by atoms with E-state index in [4.69, 9.17) is 9.02 Å². The van der Waals surface area contributed by atoms with Crippen LogP contribution in [0.1, 0.15) is 17.2 Å². The molecule has 4 aromatic rings. The van der Waals surface area contributed by atoms with E-state index in [0.29, 0.717) is 16.9 Å². The number of carbonyl (C=O) groups excluding carboxylic acids is 2. The normalized spacial score (nSPS) is 20.8. The third kappa shape index (κ3) is 4.35. The van der Waals surface area contributed by atoms with Crippen LogP contribution in [0.5, 0.6) is 5.75 Å². The highest BCUT2D eigenvalue weighted by Crippen LogP contribution is 2.49. The number of para-hydroxylation sites is 2. The van der Waals surface area contributed by atoms with Gasteiger partial charge >= 0.3 is 10.1 Å². The van der Waals surface area contributed by atoms with Crippen LogP contribution >= 0.6 is 0 Å². The second-order valence-corrected chi connectivity index (χ2v) is 10.9. The highest BCUT2D eigenvalue weighted by atomic mass is 32.2. The predicted molar refractivity (Wildman–Crippen MR) is 144 cm³/mol. The van der Waals surface area contributed by atoms with Gasteiger partial charge in [0, 0.05) is 5.56 Å². The van der Waals surface area contributed by atoms with E-state index in [9.17, 15) is 18.0 Å². The Morgan fingerprint density at radius 2 is 1.38 bits per heavy atom. The van der Waals surface area contributed by atoms with E-state index in [1.807, 2.05) is 31.2 Å². The Morgan fingerprint density at radius 1 is 0.744 bits per heavy atom. The maximum atomic E-state index is 13.9. The van der Waals surface area contributed by atoms with Crippen LogP contribution < -0.4 is 14.1 Å². The monoisotopic (exact) mass is 540 g/mol. The molecule has 0 aliphatic carbocycles. The minimum atomic E-state index is -4.17. The van der Waals surface area contributed by atoms with E-state index >= 15 is 0 Å². The Morgan fingerprint density at radius 3 is 2.10 bits per heavy atom. The molecule has 2 fully saturated rings. The number of aryl methyl sites for hydroxylation is 1. The van der Waals surface area contributed by atoms with Crippen LogP contribution in [-0.2, 0) is 24.5 Å². The SMILES string of the molecule is Cc1cccc(N2C(=O)[C@H]3[C@H](ON(c4ccccc4)[C@H]3c3ccccc3OS(=O)(=O)c3ccccc3)C2=O)c1. The maximum absolute atomic E-state index is 13.9. The third-order valence-electron chi connectivity index (χ3n) is 6.85. The first-order valence-corrected chi connectivity index (χ1v) is 13.8. The number of hydrogen-bond acceptors (Lipinski definition) is 7. The van der Waals surface area contributed by atoms with Crippen LogP contribution in [0.2, 0.25) is 0 Å². The summed E-state index contributed by atoms with van der Waals surface area (Å²) < 4.78 is 31.9. The first-order chi connectivity index (χ1) is 18.8. The zero-order chi connectivity index (χ0) is 27.1. The zero-order valence-corrected chi connectivity index (χ0v) is 21.7. The Kier molecular flexibility index (Phi) is 6.17. The van der Waals surface area contributed by atoms with E-state index in [-0.39, 0.29) is 10.6 Å². The summed E-state index contributed by atoms with van der Waals surface area (Å²) in [4.78, 5) is 34.9. The summed E-state index contributed by atoms with van der Waals surface area (Å²) in [6.07, 6.45) is -1.10. The average Bonchev–Trinajstić information content (AvgIpc) is 3.45. The quantitative estimate of drug-likeness (QED) is 0.256. The molecule has 196 valence electrons. The molecular weight excluding hydrogens is 516 g/mol. The molecule has 9 heteroatoms. The minimum absolute atomic E-state index is 0.00184. The van der Waals surface area contributed by atoms with Gasteiger partial charge in [0.05, 0.1) is 17.4 Å². The molecule has 39 heavy (non-hydrogen) atoms. The van der Waals surface area contributed by atoms with Crippen LogP contribution in [0.15, 0.2) is 114 Å². The smallest absolute Gasteiger partial charge is 0.339 e. The fraction of sp³-hybridized carbons (Fsp3) is 0.133. The molecule has 2 aliphatic rings. The zero-order valence-electron chi connectivity index (χ0n) is 20.9. The van der Waals surface area contributed by atoms with Gasteiger partial charge in [-0.1, -0.05) is 66.7 Å². The number of fused-ring (bicyclic) bond motifs is 1. The summed E-state index contributed by atoms with van der Waals surface area (Å²) in [6.45, 7) is 1.88. The number of rotatable bonds is 6. The first-order valence-electron chi connectivity index (χ1n) is 12.4. The van der Waals surface area contributed by atoms with Gasteiger partial charge in [-0.25, -0.2) is 9.96 Å². The van der Waals surface area contributed by atoms with Crippen LogP contribution in [0, 0.1) is 12.8 Å². The van der Waals surface area contributed by atoms with Crippen LogP contribution in [0.25, 0.3) is 0 Å². The van der Waals surface area contributed by atoms with Gasteiger partial charge in [-0.05, 0) is 55.0 Å². The second kappa shape index (κ2) is 9.68. The van der Waals surface area contributed by atoms with E-state index in [1.165, 1.54) is 23.3 Å². The number of hydroxylamine groups is 1. The molecule has 2 aliphatic heterocycles. The molecule has 0 saturated carbocycles. The van der Waals surface area contributed by atoms with Crippen molar-refractivity contribution < 1.29 is 27.0 Å². The molecule has 6 rings (SSSR count). The number of carbonyl (C=O) groups is 2. The van der Waals surface area contributed by atoms with Crippen molar-refractivity contribution in [1.29, 1.82) is 0 Å². The van der Waals surface area contributed by atoms with Crippen molar-refractivity contribution in [3.05, 3.63) is 120 Å². The van der Waals surface area contributed by atoms with E-state index in [2.05, 4.69) is 0 Å². The lowest BCUT2D eigenvalue weighted by molar-refractivity contribution is -0.126. The van der Waals surface area contributed by atoms with Gasteiger partial charge in [0.15, 0.2) is 6.10 Å². The van der Waals surface area contributed by atoms with Crippen molar-refractivity contribution in [3.63, 3.8) is 0 Å². The average molecular weight is 541 g/mol. The Hall–Kier alpha value is -4.47. The molecule has 0 bridgehead atoms. The van der Waals surface area contributed by atoms with E-state index < -0.39 is 40.0 Å². The largest absolute Gasteiger partial charge is 0.379 e. The van der Waals surface area contributed by atoms with Gasteiger partial charge in [-0.2, -0.15) is 8.42 Å². The summed E-state index contributed by atoms with van der Waals surface area (Å²) >= 11 is 0. The van der Waals surface area contributed by atoms with Gasteiger partial charge in [-0.3, -0.25) is 14.4 Å². The minimum Gasteiger partial charge on any atom is -0.379 e. The molecule has 0 unspecified atom stereocenters. The Labute approximate surface area is 226 Å². The highest BCUT2D eigenvalue weighted by molar-refractivity contribution is 7.87. The molecule has 0 spiro atoms. The number of amides is 2. The van der Waals surface area contributed by atoms with Gasteiger partial charge in [0.25, 0.3) is 5.91 Å². The molecule has 2 heterocycles. The van der Waals surface area contributed by atoms with E-state index in [1.54, 1.807) is 66.7 Å². The number of nitrogens with zero attached hydrogens (tertiary/aromatic N) is 2. The molecule has 0 radical (unpaired) electrons. The van der Waals surface area contributed by atoms with Crippen molar-refractivity contribution in [3.8, 4) is 5.75 Å². The Bertz CT molecular complexity index is 1660. The number of hydrogen-bond donors (Lipinski definition) is 0. The number of imide groups is 1. The van der Waals surface area contributed by atoms with Crippen molar-refractivity contribution in [1.82, 2.24) is 0 Å². The predicted octanol–water partition coefficient (Wildman–Crippen LogP) is 4.81. The second-order valence-electron chi connectivity index (χ2n) is 9.40. The lowest BCUT2D eigenvalue weighted by atomic mass is 9.90. The van der Waals surface area contributed by atoms with Gasteiger partial charge in [0.2, 0.25) is 5.91 Å². The van der Waals surface area contributed by atoms with E-state index in [0.717, 1.165) is 10.5 Å². The van der Waals surface area contributed by atoms with Gasteiger partial charge in [0.1, 0.15) is 16.6 Å². The molecule has 0 N–H and O–H groups in total. The summed E-state index contributed by atoms with van der Waals surface area (Å²) in [5.41, 5.74) is 2.38. The van der Waals surface area contributed by atoms with Crippen molar-refractivity contribution in [2.75, 3.05) is 9.96 Å². The summed E-state index contributed by atoms with van der Waals surface area (Å²) in [7, 11) is -4.17. The third-order valence-corrected chi connectivity index (χ3v) is 8.10. The summed E-state index contributed by atoms with van der Waals surface area (Å²) in [5.74, 6) is -1.80. The molecule has 0 aromatic heterocycles. The molecule has 2 saturated heterocycles. The fourth-order valence-corrected chi connectivity index (χ4v) is 6.08. The number of anilines is 2. The van der Waals surface area contributed by atoms with Gasteiger partial charge < -0.3 is 4.18 Å². The van der Waals surface area contributed by atoms with Crippen molar-refractivity contribution in [2.45, 2.75) is 24.0 Å². The van der Waals surface area contributed by atoms with Crippen LogP contribution in [0.4, 0.5) is 11.4 Å². The van der Waals surface area contributed by atoms with Crippen LogP contribution in [-0.4, -0.2) is 26.3 Å². The Balaban J connectivity index is 1.45. The molecule has 3 atom stereocenters. The summed E-state index contributed by atoms with van der Waals surface area (Å²) in [5, 5.41) is 1.51. The maximum Gasteiger partial charge on any atom is 0.339 e. The molecule has 4 aromatic carbocycles. The molecular formula is C30H24N2O6S. The topological polar surface area (TPSA) is 93.2 Å². The highest BCUT2D eigenvalue weighted by Gasteiger charge is 2.60. The molecule has 2 amide bonds. The van der Waals surface area contributed by atoms with Gasteiger partial charge in [-0.15, -0.1) is 0 Å².